The van der Waals surface area contributed by atoms with Gasteiger partial charge in [0.2, 0.25) is 0 Å². The highest BCUT2D eigenvalue weighted by Gasteiger charge is 2.68. The van der Waals surface area contributed by atoms with Gasteiger partial charge in [-0.2, -0.15) is 0 Å². The standard InChI is InChI=1S/C29H40O6/c1-26(2)11-3-12-28(17-30)23(26)10-13-27-15-20(6-8-24(27)28)29(34,16-27)18-35-25(33)9-5-19-4-7-21(31)22(32)14-19/h4-5,7,9,14,20,23-24,30-32,34H,3,6,8,10-13,15-18H2,1-2H3/b9-5+/t20-,23?,24?,27-,28+,29+/m1/s1. The first kappa shape index (κ1) is 24.6. The maximum atomic E-state index is 12.4. The molecule has 1 aromatic rings. The lowest BCUT2D eigenvalue weighted by atomic mass is 9.41. The number of hydrogen-bond donors (Lipinski definition) is 4. The number of aliphatic hydroxyl groups excluding tert-OH is 1. The van der Waals surface area contributed by atoms with Crippen LogP contribution in [-0.2, 0) is 9.53 Å². The van der Waals surface area contributed by atoms with E-state index in [1.807, 2.05) is 0 Å². The fourth-order valence-electron chi connectivity index (χ4n) is 9.13. The van der Waals surface area contributed by atoms with Crippen molar-refractivity contribution in [1.29, 1.82) is 0 Å². The quantitative estimate of drug-likeness (QED) is 0.272. The molecule has 0 aromatic heterocycles. The average molecular weight is 485 g/mol. The predicted molar refractivity (Wildman–Crippen MR) is 132 cm³/mol. The minimum atomic E-state index is -1.03. The van der Waals surface area contributed by atoms with E-state index in [4.69, 9.17) is 4.74 Å². The van der Waals surface area contributed by atoms with Crippen molar-refractivity contribution >= 4 is 12.0 Å². The summed E-state index contributed by atoms with van der Waals surface area (Å²) in [6, 6.07) is 4.32. The first-order valence-corrected chi connectivity index (χ1v) is 13.2. The lowest BCUT2D eigenvalue weighted by molar-refractivity contribution is -0.174. The van der Waals surface area contributed by atoms with Crippen molar-refractivity contribution in [3.05, 3.63) is 29.8 Å². The summed E-state index contributed by atoms with van der Waals surface area (Å²) in [4.78, 5) is 12.4. The molecule has 6 nitrogen and oxygen atoms in total. The molecule has 4 saturated carbocycles. The molecular formula is C29H40O6. The molecule has 0 heterocycles. The van der Waals surface area contributed by atoms with Gasteiger partial charge < -0.3 is 25.2 Å². The molecule has 4 fully saturated rings. The molecule has 4 aliphatic rings. The third-order valence-electron chi connectivity index (χ3n) is 10.5. The largest absolute Gasteiger partial charge is 0.504 e. The number of fused-ring (bicyclic) bond motifs is 3. The summed E-state index contributed by atoms with van der Waals surface area (Å²) in [7, 11) is 0. The van der Waals surface area contributed by atoms with Gasteiger partial charge in [-0.25, -0.2) is 4.79 Å². The summed E-state index contributed by atoms with van der Waals surface area (Å²) in [5, 5.41) is 41.6. The molecule has 0 radical (unpaired) electrons. The molecule has 4 N–H and O–H groups in total. The van der Waals surface area contributed by atoms with Gasteiger partial charge in [-0.05, 0) is 104 Å². The van der Waals surface area contributed by atoms with E-state index in [1.54, 1.807) is 6.07 Å². The Hall–Kier alpha value is -2.05. The zero-order valence-electron chi connectivity index (χ0n) is 21.0. The van der Waals surface area contributed by atoms with Crippen LogP contribution in [0.2, 0.25) is 0 Å². The number of rotatable bonds is 5. The van der Waals surface area contributed by atoms with E-state index >= 15 is 0 Å². The number of aromatic hydroxyl groups is 2. The Morgan fingerprint density at radius 3 is 2.63 bits per heavy atom. The molecule has 6 heteroatoms. The van der Waals surface area contributed by atoms with Gasteiger partial charge >= 0.3 is 5.97 Å². The first-order valence-electron chi connectivity index (χ1n) is 13.2. The molecular weight excluding hydrogens is 444 g/mol. The van der Waals surface area contributed by atoms with Crippen LogP contribution in [0.1, 0.15) is 77.2 Å². The van der Waals surface area contributed by atoms with Crippen LogP contribution in [0.3, 0.4) is 0 Å². The first-order chi connectivity index (χ1) is 16.5. The highest BCUT2D eigenvalue weighted by molar-refractivity contribution is 5.87. The number of carbonyl (C=O) groups excluding carboxylic acids is 1. The molecule has 2 unspecified atom stereocenters. The van der Waals surface area contributed by atoms with Crippen LogP contribution in [-0.4, -0.2) is 45.2 Å². The van der Waals surface area contributed by atoms with Crippen LogP contribution in [0.4, 0.5) is 0 Å². The van der Waals surface area contributed by atoms with Gasteiger partial charge in [0.05, 0.1) is 0 Å². The Morgan fingerprint density at radius 2 is 1.89 bits per heavy atom. The summed E-state index contributed by atoms with van der Waals surface area (Å²) in [5.74, 6) is 0.0576. The van der Waals surface area contributed by atoms with E-state index in [9.17, 15) is 25.2 Å². The molecule has 4 aliphatic carbocycles. The predicted octanol–water partition coefficient (Wildman–Crippen LogP) is 4.79. The molecule has 1 spiro atoms. The van der Waals surface area contributed by atoms with Gasteiger partial charge in [0.15, 0.2) is 11.5 Å². The van der Waals surface area contributed by atoms with E-state index in [0.717, 1.165) is 44.9 Å². The highest BCUT2D eigenvalue weighted by atomic mass is 16.5. The second-order valence-corrected chi connectivity index (χ2v) is 12.7. The summed E-state index contributed by atoms with van der Waals surface area (Å²) >= 11 is 0. The van der Waals surface area contributed by atoms with Gasteiger partial charge in [-0.3, -0.25) is 0 Å². The Labute approximate surface area is 208 Å². The Bertz CT molecular complexity index is 1020. The molecule has 1 aromatic carbocycles. The average Bonchev–Trinajstić information content (AvgIpc) is 3.02. The molecule has 0 aliphatic heterocycles. The van der Waals surface area contributed by atoms with Crippen LogP contribution in [0, 0.1) is 34.0 Å². The van der Waals surface area contributed by atoms with Crippen molar-refractivity contribution in [2.24, 2.45) is 34.0 Å². The minimum absolute atomic E-state index is 0.0167. The Kier molecular flexibility index (Phi) is 5.99. The van der Waals surface area contributed by atoms with Crippen LogP contribution < -0.4 is 0 Å². The topological polar surface area (TPSA) is 107 Å². The number of benzene rings is 1. The fraction of sp³-hybridized carbons (Fsp3) is 0.690. The second-order valence-electron chi connectivity index (χ2n) is 12.7. The zero-order valence-corrected chi connectivity index (χ0v) is 21.0. The van der Waals surface area contributed by atoms with E-state index in [2.05, 4.69) is 13.8 Å². The van der Waals surface area contributed by atoms with Crippen LogP contribution >= 0.6 is 0 Å². The SMILES string of the molecule is CC1(C)CCC[C@]2(CO)C1CC[C@]13C[C@@H](CCC12)[C@@](O)(COC(=O)/C=C/c1ccc(O)c(O)c1)C3. The van der Waals surface area contributed by atoms with E-state index in [0.29, 0.717) is 23.8 Å². The van der Waals surface area contributed by atoms with Crippen LogP contribution in [0.15, 0.2) is 24.3 Å². The maximum Gasteiger partial charge on any atom is 0.330 e. The molecule has 6 atom stereocenters. The second kappa shape index (κ2) is 8.52. The van der Waals surface area contributed by atoms with Gasteiger partial charge in [0, 0.05) is 18.1 Å². The Morgan fingerprint density at radius 1 is 1.09 bits per heavy atom. The number of esters is 1. The van der Waals surface area contributed by atoms with Crippen molar-refractivity contribution in [3.63, 3.8) is 0 Å². The van der Waals surface area contributed by atoms with Gasteiger partial charge in [0.25, 0.3) is 0 Å². The highest BCUT2D eigenvalue weighted by Crippen LogP contribution is 2.72. The van der Waals surface area contributed by atoms with Crippen molar-refractivity contribution in [2.45, 2.75) is 77.2 Å². The minimum Gasteiger partial charge on any atom is -0.504 e. The zero-order chi connectivity index (χ0) is 25.1. The molecule has 5 rings (SSSR count). The number of hydrogen-bond acceptors (Lipinski definition) is 6. The van der Waals surface area contributed by atoms with Crippen molar-refractivity contribution in [2.75, 3.05) is 13.2 Å². The van der Waals surface area contributed by atoms with Gasteiger partial charge in [-0.15, -0.1) is 0 Å². The molecule has 192 valence electrons. The smallest absolute Gasteiger partial charge is 0.330 e. The van der Waals surface area contributed by atoms with Crippen molar-refractivity contribution < 1.29 is 30.0 Å². The van der Waals surface area contributed by atoms with E-state index in [-0.39, 0.29) is 46.9 Å². The monoisotopic (exact) mass is 484 g/mol. The molecule has 35 heavy (non-hydrogen) atoms. The molecule has 0 amide bonds. The molecule has 2 bridgehead atoms. The number of phenols is 2. The van der Waals surface area contributed by atoms with Crippen molar-refractivity contribution in [1.82, 2.24) is 0 Å². The van der Waals surface area contributed by atoms with E-state index in [1.165, 1.54) is 30.7 Å². The maximum absolute atomic E-state index is 12.4. The fourth-order valence-corrected chi connectivity index (χ4v) is 9.13. The van der Waals surface area contributed by atoms with Gasteiger partial charge in [-0.1, -0.05) is 26.3 Å². The Balaban J connectivity index is 1.29. The van der Waals surface area contributed by atoms with Crippen LogP contribution in [0.5, 0.6) is 11.5 Å². The lowest BCUT2D eigenvalue weighted by Crippen LogP contribution is -2.58. The normalized spacial score (nSPS) is 39.7. The van der Waals surface area contributed by atoms with Crippen LogP contribution in [0.25, 0.3) is 6.08 Å². The van der Waals surface area contributed by atoms with E-state index < -0.39 is 11.6 Å². The molecule has 0 saturated heterocycles. The summed E-state index contributed by atoms with van der Waals surface area (Å²) in [6.07, 6.45) is 12.0. The number of aliphatic hydroxyl groups is 2. The summed E-state index contributed by atoms with van der Waals surface area (Å²) in [6.45, 7) is 4.98. The van der Waals surface area contributed by atoms with Crippen molar-refractivity contribution in [3.8, 4) is 11.5 Å². The summed E-state index contributed by atoms with van der Waals surface area (Å²) < 4.78 is 5.54. The third kappa shape index (κ3) is 3.97. The number of ether oxygens (including phenoxy) is 1. The summed E-state index contributed by atoms with van der Waals surface area (Å²) in [5.41, 5.74) is -0.245. The lowest BCUT2D eigenvalue weighted by Gasteiger charge is -2.64. The third-order valence-corrected chi connectivity index (χ3v) is 10.5. The van der Waals surface area contributed by atoms with Gasteiger partial charge in [0.1, 0.15) is 12.2 Å². The number of phenolic OH excluding ortho intramolecular Hbond substituents is 2. The number of carbonyl (C=O) groups is 1.